The van der Waals surface area contributed by atoms with Gasteiger partial charge in [0.25, 0.3) is 0 Å². The van der Waals surface area contributed by atoms with Crippen molar-refractivity contribution in [3.05, 3.63) is 68.1 Å². The maximum Gasteiger partial charge on any atom is 0.313 e. The number of ether oxygens (including phenoxy) is 1. The van der Waals surface area contributed by atoms with E-state index in [1.807, 2.05) is 42.5 Å². The van der Waals surface area contributed by atoms with Gasteiger partial charge in [0.2, 0.25) is 0 Å². The highest BCUT2D eigenvalue weighted by atomic mass is 79.9. The van der Waals surface area contributed by atoms with Gasteiger partial charge in [-0.3, -0.25) is 9.59 Å². The van der Waals surface area contributed by atoms with Gasteiger partial charge in [0.15, 0.2) is 0 Å². The summed E-state index contributed by atoms with van der Waals surface area (Å²) in [6.45, 7) is 2.09. The molecule has 25 heavy (non-hydrogen) atoms. The van der Waals surface area contributed by atoms with Gasteiger partial charge in [0.1, 0.15) is 0 Å². The van der Waals surface area contributed by atoms with Gasteiger partial charge in [-0.05, 0) is 67.8 Å². The van der Waals surface area contributed by atoms with Crippen LogP contribution >= 0.6 is 31.9 Å². The molecule has 0 N–H and O–H groups in total. The van der Waals surface area contributed by atoms with Crippen molar-refractivity contribution in [3.8, 4) is 0 Å². The summed E-state index contributed by atoms with van der Waals surface area (Å²) in [7, 11) is 0. The molecule has 0 aromatic heterocycles. The highest BCUT2D eigenvalue weighted by Gasteiger charge is 2.13. The molecule has 0 amide bonds. The Balaban J connectivity index is 1.80. The molecule has 2 aromatic carbocycles. The minimum atomic E-state index is -0.486. The number of aryl methyl sites for hydroxylation is 3. The molecule has 132 valence electrons. The summed E-state index contributed by atoms with van der Waals surface area (Å²) in [5.41, 5.74) is 3.27. The zero-order valence-electron chi connectivity index (χ0n) is 14.1. The van der Waals surface area contributed by atoms with Crippen LogP contribution in [0.1, 0.15) is 36.5 Å². The Labute approximate surface area is 165 Å². The standard InChI is InChI=1S/C20H20Br2O3/c1-2-15-9-10-16(20(22)19(15)21)11-13-18(24)25-17(23)12-8-14-6-4-3-5-7-14/h3-7,9-10H,2,8,11-13H2,1H3. The van der Waals surface area contributed by atoms with Crippen LogP contribution in [-0.2, 0) is 33.6 Å². The van der Waals surface area contributed by atoms with E-state index in [2.05, 4.69) is 38.8 Å². The van der Waals surface area contributed by atoms with Crippen LogP contribution in [0.25, 0.3) is 0 Å². The van der Waals surface area contributed by atoms with Crippen molar-refractivity contribution < 1.29 is 14.3 Å². The predicted molar refractivity (Wildman–Crippen MR) is 105 cm³/mol. The van der Waals surface area contributed by atoms with Gasteiger partial charge in [0.05, 0.1) is 12.8 Å². The Morgan fingerprint density at radius 2 is 1.40 bits per heavy atom. The fraction of sp³-hybridized carbons (Fsp3) is 0.300. The summed E-state index contributed by atoms with van der Waals surface area (Å²) in [6, 6.07) is 13.7. The van der Waals surface area contributed by atoms with Crippen molar-refractivity contribution in [1.82, 2.24) is 0 Å². The van der Waals surface area contributed by atoms with Crippen molar-refractivity contribution >= 4 is 43.8 Å². The van der Waals surface area contributed by atoms with Crippen molar-refractivity contribution in [1.29, 1.82) is 0 Å². The first-order valence-electron chi connectivity index (χ1n) is 8.24. The van der Waals surface area contributed by atoms with E-state index in [1.165, 1.54) is 5.56 Å². The monoisotopic (exact) mass is 466 g/mol. The van der Waals surface area contributed by atoms with E-state index in [0.717, 1.165) is 26.5 Å². The second kappa shape index (κ2) is 9.88. The Kier molecular flexibility index (Phi) is 7.85. The molecule has 0 saturated heterocycles. The lowest BCUT2D eigenvalue weighted by Crippen LogP contribution is -2.13. The topological polar surface area (TPSA) is 43.4 Å². The van der Waals surface area contributed by atoms with Crippen LogP contribution in [0.4, 0.5) is 0 Å². The van der Waals surface area contributed by atoms with Crippen LogP contribution in [0.15, 0.2) is 51.4 Å². The van der Waals surface area contributed by atoms with Gasteiger partial charge in [-0.25, -0.2) is 0 Å². The molecular weight excluding hydrogens is 448 g/mol. The molecule has 0 spiro atoms. The summed E-state index contributed by atoms with van der Waals surface area (Å²) < 4.78 is 6.87. The molecule has 0 aliphatic carbocycles. The molecule has 0 radical (unpaired) electrons. The van der Waals surface area contributed by atoms with Crippen molar-refractivity contribution in [2.45, 2.75) is 39.0 Å². The van der Waals surface area contributed by atoms with Gasteiger partial charge in [-0.1, -0.05) is 49.4 Å². The predicted octanol–water partition coefficient (Wildman–Crippen LogP) is 5.41. The fourth-order valence-electron chi connectivity index (χ4n) is 2.45. The van der Waals surface area contributed by atoms with Crippen LogP contribution in [-0.4, -0.2) is 11.9 Å². The van der Waals surface area contributed by atoms with E-state index in [1.54, 1.807) is 0 Å². The van der Waals surface area contributed by atoms with E-state index in [4.69, 9.17) is 4.74 Å². The number of benzene rings is 2. The van der Waals surface area contributed by atoms with Gasteiger partial charge in [-0.15, -0.1) is 0 Å². The third-order valence-corrected chi connectivity index (χ3v) is 6.25. The van der Waals surface area contributed by atoms with E-state index >= 15 is 0 Å². The molecule has 0 atom stereocenters. The average molecular weight is 468 g/mol. The quantitative estimate of drug-likeness (QED) is 0.404. The maximum atomic E-state index is 11.9. The molecule has 0 saturated carbocycles. The van der Waals surface area contributed by atoms with Crippen LogP contribution in [0.2, 0.25) is 0 Å². The molecule has 5 heteroatoms. The van der Waals surface area contributed by atoms with E-state index in [9.17, 15) is 9.59 Å². The lowest BCUT2D eigenvalue weighted by molar-refractivity contribution is -0.159. The van der Waals surface area contributed by atoms with E-state index < -0.39 is 11.9 Å². The summed E-state index contributed by atoms with van der Waals surface area (Å²) in [4.78, 5) is 23.7. The third-order valence-electron chi connectivity index (χ3n) is 3.91. The molecule has 2 rings (SSSR count). The first kappa shape index (κ1) is 19.9. The zero-order chi connectivity index (χ0) is 18.2. The van der Waals surface area contributed by atoms with Crippen LogP contribution in [0.5, 0.6) is 0 Å². The molecule has 2 aromatic rings. The van der Waals surface area contributed by atoms with Gasteiger partial charge in [0, 0.05) is 8.95 Å². The molecule has 0 aliphatic rings. The maximum absolute atomic E-state index is 11.9. The Morgan fingerprint density at radius 1 is 0.840 bits per heavy atom. The van der Waals surface area contributed by atoms with Gasteiger partial charge < -0.3 is 4.74 Å². The highest BCUT2D eigenvalue weighted by molar-refractivity contribution is 9.13. The molecule has 0 fully saturated rings. The molecule has 3 nitrogen and oxygen atoms in total. The summed E-state index contributed by atoms with van der Waals surface area (Å²) in [6.07, 6.45) is 2.40. The van der Waals surface area contributed by atoms with Crippen molar-refractivity contribution in [3.63, 3.8) is 0 Å². The normalized spacial score (nSPS) is 10.5. The van der Waals surface area contributed by atoms with E-state index in [-0.39, 0.29) is 12.8 Å². The number of hydrogen-bond acceptors (Lipinski definition) is 3. The lowest BCUT2D eigenvalue weighted by atomic mass is 10.1. The molecule has 0 bridgehead atoms. The van der Waals surface area contributed by atoms with Crippen LogP contribution in [0.3, 0.4) is 0 Å². The lowest BCUT2D eigenvalue weighted by Gasteiger charge is -2.10. The van der Waals surface area contributed by atoms with Crippen LogP contribution < -0.4 is 0 Å². The summed E-state index contributed by atoms with van der Waals surface area (Å²) >= 11 is 7.12. The van der Waals surface area contributed by atoms with Gasteiger partial charge >= 0.3 is 11.9 Å². The molecule has 0 heterocycles. The number of carbonyl (C=O) groups is 2. The SMILES string of the molecule is CCc1ccc(CCC(=O)OC(=O)CCc2ccccc2)c(Br)c1Br. The zero-order valence-corrected chi connectivity index (χ0v) is 17.2. The second-order valence-corrected chi connectivity index (χ2v) is 7.28. The van der Waals surface area contributed by atoms with Gasteiger partial charge in [-0.2, -0.15) is 0 Å². The highest BCUT2D eigenvalue weighted by Crippen LogP contribution is 2.31. The first-order chi connectivity index (χ1) is 12.0. The van der Waals surface area contributed by atoms with Crippen LogP contribution in [0, 0.1) is 0 Å². The third kappa shape index (κ3) is 6.08. The Bertz CT molecular complexity index is 742. The number of carbonyl (C=O) groups excluding carboxylic acids is 2. The summed E-state index contributed by atoms with van der Waals surface area (Å²) in [5, 5.41) is 0. The van der Waals surface area contributed by atoms with E-state index in [0.29, 0.717) is 12.8 Å². The number of esters is 2. The van der Waals surface area contributed by atoms with Crippen molar-refractivity contribution in [2.24, 2.45) is 0 Å². The first-order valence-corrected chi connectivity index (χ1v) is 9.83. The number of rotatable bonds is 7. The Morgan fingerprint density at radius 3 is 2.04 bits per heavy atom. The molecule has 0 aliphatic heterocycles. The summed E-state index contributed by atoms with van der Waals surface area (Å²) in [5.74, 6) is -0.962. The fourth-order valence-corrected chi connectivity index (χ4v) is 3.70. The molecular formula is C20H20Br2O3. The molecule has 0 unspecified atom stereocenters. The Hall–Kier alpha value is -1.46. The van der Waals surface area contributed by atoms with Crippen molar-refractivity contribution in [2.75, 3.05) is 0 Å². The second-order valence-electron chi connectivity index (χ2n) is 5.70. The largest absolute Gasteiger partial charge is 0.393 e. The minimum Gasteiger partial charge on any atom is -0.393 e. The minimum absolute atomic E-state index is 0.174. The average Bonchev–Trinajstić information content (AvgIpc) is 2.62. The number of hydrogen-bond donors (Lipinski definition) is 0. The number of halogens is 2. The smallest absolute Gasteiger partial charge is 0.313 e.